The Bertz CT molecular complexity index is 362. The Morgan fingerprint density at radius 3 is 2.82 bits per heavy atom. The van der Waals surface area contributed by atoms with Crippen LogP contribution in [0.5, 0.6) is 0 Å². The molecule has 0 radical (unpaired) electrons. The van der Waals surface area contributed by atoms with Gasteiger partial charge < -0.3 is 9.47 Å². The smallest absolute Gasteiger partial charge is 0.304 e. The van der Waals surface area contributed by atoms with Gasteiger partial charge in [-0.25, -0.2) is 9.78 Å². The fraction of sp³-hybridized carbons (Fsp3) is 0.938. The molecule has 1 saturated heterocycles. The van der Waals surface area contributed by atoms with Gasteiger partial charge in [0.15, 0.2) is 0 Å². The van der Waals surface area contributed by atoms with Crippen molar-refractivity contribution in [3.8, 4) is 0 Å². The lowest BCUT2D eigenvalue weighted by Gasteiger charge is -2.36. The topological polar surface area (TPSA) is 54.0 Å². The normalized spacial score (nSPS) is 35.8. The molecule has 0 spiro atoms. The molecule has 0 amide bonds. The molecule has 1 heterocycles. The summed E-state index contributed by atoms with van der Waals surface area (Å²) in [5.74, 6) is 2.17. The highest BCUT2D eigenvalue weighted by Crippen LogP contribution is 2.35. The Labute approximate surface area is 137 Å². The van der Waals surface area contributed by atoms with Gasteiger partial charge in [-0.2, -0.15) is 0 Å². The minimum Gasteiger partial charge on any atom is -0.435 e. The molecule has 2 fully saturated rings. The first kappa shape index (κ1) is 18.0. The van der Waals surface area contributed by atoms with Crippen molar-refractivity contribution in [3.05, 3.63) is 0 Å². The van der Waals surface area contributed by atoms with Gasteiger partial charge in [-0.1, -0.05) is 27.2 Å². The maximum absolute atomic E-state index is 10.9. The average molecular weight is 332 g/mol. The van der Waals surface area contributed by atoms with E-state index in [9.17, 15) is 4.79 Å². The van der Waals surface area contributed by atoms with E-state index in [1.54, 1.807) is 11.8 Å². The van der Waals surface area contributed by atoms with Gasteiger partial charge in [-0.15, -0.1) is 11.8 Å². The van der Waals surface area contributed by atoms with E-state index in [0.717, 1.165) is 6.42 Å². The Morgan fingerprint density at radius 1 is 1.36 bits per heavy atom. The summed E-state index contributed by atoms with van der Waals surface area (Å²) in [7, 11) is 0. The van der Waals surface area contributed by atoms with Gasteiger partial charge in [0.25, 0.3) is 0 Å². The van der Waals surface area contributed by atoms with Crippen molar-refractivity contribution in [2.24, 2.45) is 17.8 Å². The van der Waals surface area contributed by atoms with Gasteiger partial charge in [0.2, 0.25) is 6.29 Å². The number of carbonyl (C=O) groups excluding carboxylic acids is 1. The van der Waals surface area contributed by atoms with E-state index in [-0.39, 0.29) is 17.5 Å². The molecule has 128 valence electrons. The molecule has 0 N–H and O–H groups in total. The van der Waals surface area contributed by atoms with Crippen LogP contribution in [0.4, 0.5) is 0 Å². The van der Waals surface area contributed by atoms with Crippen LogP contribution in [0.25, 0.3) is 0 Å². The standard InChI is InChI=1S/C16H28O5S/c1-10(2)13-6-5-11(3)7-14(13)21-18-8-16-20-15(9-22-16)19-12(4)17/h10-11,13-16H,5-9H2,1-4H3/t11-,13+,14?,15+,16?/m1/s1. The summed E-state index contributed by atoms with van der Waals surface area (Å²) in [6.45, 7) is 8.51. The van der Waals surface area contributed by atoms with E-state index in [4.69, 9.17) is 19.2 Å². The lowest BCUT2D eigenvalue weighted by atomic mass is 9.75. The molecule has 2 aliphatic rings. The van der Waals surface area contributed by atoms with E-state index in [2.05, 4.69) is 20.8 Å². The largest absolute Gasteiger partial charge is 0.435 e. The van der Waals surface area contributed by atoms with Gasteiger partial charge in [0.05, 0.1) is 11.9 Å². The Hall–Kier alpha value is -0.300. The van der Waals surface area contributed by atoms with Crippen molar-refractivity contribution in [2.45, 2.75) is 64.8 Å². The van der Waals surface area contributed by atoms with Crippen LogP contribution in [0.2, 0.25) is 0 Å². The zero-order valence-corrected chi connectivity index (χ0v) is 14.8. The lowest BCUT2D eigenvalue weighted by molar-refractivity contribution is -0.348. The van der Waals surface area contributed by atoms with E-state index in [1.807, 2.05) is 0 Å². The molecule has 1 aliphatic heterocycles. The first-order valence-electron chi connectivity index (χ1n) is 8.18. The van der Waals surface area contributed by atoms with E-state index >= 15 is 0 Å². The summed E-state index contributed by atoms with van der Waals surface area (Å²) in [6.07, 6.45) is 3.23. The number of rotatable bonds is 6. The van der Waals surface area contributed by atoms with Crippen LogP contribution in [0.3, 0.4) is 0 Å². The monoisotopic (exact) mass is 332 g/mol. The SMILES string of the molecule is CC(=O)O[C@@H]1CSC(COOC2C[C@H](C)CC[C@H]2C(C)C)O1. The van der Waals surface area contributed by atoms with E-state index < -0.39 is 6.29 Å². The number of hydrogen-bond acceptors (Lipinski definition) is 6. The molecule has 0 aromatic heterocycles. The van der Waals surface area contributed by atoms with Gasteiger partial charge in [-0.3, -0.25) is 4.79 Å². The third-order valence-electron chi connectivity index (χ3n) is 4.38. The zero-order valence-electron chi connectivity index (χ0n) is 13.9. The van der Waals surface area contributed by atoms with E-state index in [0.29, 0.717) is 30.1 Å². The number of ether oxygens (including phenoxy) is 2. The summed E-state index contributed by atoms with van der Waals surface area (Å²) < 4.78 is 10.6. The Balaban J connectivity index is 1.70. The van der Waals surface area contributed by atoms with Crippen molar-refractivity contribution in [1.29, 1.82) is 0 Å². The molecule has 2 rings (SSSR count). The van der Waals surface area contributed by atoms with Crippen molar-refractivity contribution >= 4 is 17.7 Å². The maximum Gasteiger partial charge on any atom is 0.304 e. The minimum atomic E-state index is -0.464. The molecular weight excluding hydrogens is 304 g/mol. The third kappa shape index (κ3) is 5.41. The minimum absolute atomic E-state index is 0.136. The van der Waals surface area contributed by atoms with Crippen LogP contribution in [0.1, 0.15) is 47.0 Å². The number of thioether (sulfide) groups is 1. The molecule has 1 saturated carbocycles. The fourth-order valence-corrected chi connectivity index (χ4v) is 4.05. The maximum atomic E-state index is 10.9. The molecule has 0 bridgehead atoms. The molecule has 2 unspecified atom stereocenters. The van der Waals surface area contributed by atoms with Crippen LogP contribution < -0.4 is 0 Å². The highest BCUT2D eigenvalue weighted by Gasteiger charge is 2.33. The number of hydrogen-bond donors (Lipinski definition) is 0. The second-order valence-corrected chi connectivity index (χ2v) is 7.88. The van der Waals surface area contributed by atoms with Crippen LogP contribution in [0, 0.1) is 17.8 Å². The highest BCUT2D eigenvalue weighted by molar-refractivity contribution is 8.00. The summed E-state index contributed by atoms with van der Waals surface area (Å²) in [5.41, 5.74) is -0.136. The van der Waals surface area contributed by atoms with Gasteiger partial charge in [-0.05, 0) is 30.6 Å². The van der Waals surface area contributed by atoms with Gasteiger partial charge in [0, 0.05) is 6.92 Å². The first-order valence-corrected chi connectivity index (χ1v) is 9.23. The van der Waals surface area contributed by atoms with Gasteiger partial charge >= 0.3 is 5.97 Å². The summed E-state index contributed by atoms with van der Waals surface area (Å²) >= 11 is 1.58. The highest BCUT2D eigenvalue weighted by atomic mass is 32.2. The molecule has 5 nitrogen and oxygen atoms in total. The van der Waals surface area contributed by atoms with Gasteiger partial charge in [0.1, 0.15) is 12.0 Å². The summed E-state index contributed by atoms with van der Waals surface area (Å²) in [4.78, 5) is 22.0. The van der Waals surface area contributed by atoms with E-state index in [1.165, 1.54) is 19.8 Å². The molecular formula is C16H28O5S. The fourth-order valence-electron chi connectivity index (χ4n) is 3.18. The van der Waals surface area contributed by atoms with Crippen molar-refractivity contribution in [3.63, 3.8) is 0 Å². The second kappa shape index (κ2) is 8.52. The zero-order chi connectivity index (χ0) is 16.1. The predicted octanol–water partition coefficient (Wildman–Crippen LogP) is 3.37. The number of carbonyl (C=O) groups is 1. The quantitative estimate of drug-likeness (QED) is 0.422. The number of esters is 1. The van der Waals surface area contributed by atoms with Crippen LogP contribution in [-0.4, -0.2) is 36.2 Å². The van der Waals surface area contributed by atoms with Crippen molar-refractivity contribution in [2.75, 3.05) is 12.4 Å². The molecule has 22 heavy (non-hydrogen) atoms. The third-order valence-corrected chi connectivity index (χ3v) is 5.46. The average Bonchev–Trinajstić information content (AvgIpc) is 2.85. The van der Waals surface area contributed by atoms with Crippen LogP contribution in [0.15, 0.2) is 0 Å². The van der Waals surface area contributed by atoms with Crippen molar-refractivity contribution < 1.29 is 24.0 Å². The van der Waals surface area contributed by atoms with Crippen molar-refractivity contribution in [1.82, 2.24) is 0 Å². The van der Waals surface area contributed by atoms with Crippen LogP contribution >= 0.6 is 11.8 Å². The first-order chi connectivity index (χ1) is 10.5. The Kier molecular flexibility index (Phi) is 6.99. The molecule has 6 heteroatoms. The van der Waals surface area contributed by atoms with Crippen LogP contribution in [-0.2, 0) is 24.0 Å². The summed E-state index contributed by atoms with van der Waals surface area (Å²) in [6, 6.07) is 0. The molecule has 5 atom stereocenters. The Morgan fingerprint density at radius 2 is 2.14 bits per heavy atom. The predicted molar refractivity (Wildman–Crippen MR) is 85.1 cm³/mol. The molecule has 0 aromatic rings. The second-order valence-electron chi connectivity index (χ2n) is 6.68. The summed E-state index contributed by atoms with van der Waals surface area (Å²) in [5, 5.41) is 0. The molecule has 1 aliphatic carbocycles. The molecule has 0 aromatic carbocycles. The lowest BCUT2D eigenvalue weighted by Crippen LogP contribution is -2.35.